The van der Waals surface area contributed by atoms with Crippen LogP contribution >= 0.6 is 0 Å². The molecule has 0 aliphatic rings. The van der Waals surface area contributed by atoms with Gasteiger partial charge < -0.3 is 4.74 Å². The summed E-state index contributed by atoms with van der Waals surface area (Å²) in [5, 5.41) is 0. The van der Waals surface area contributed by atoms with Crippen LogP contribution in [0.25, 0.3) is 0 Å². The topological polar surface area (TPSA) is 9.23 Å². The van der Waals surface area contributed by atoms with Crippen LogP contribution in [-0.2, 0) is 0 Å². The molecule has 0 fully saturated rings. The van der Waals surface area contributed by atoms with E-state index in [-0.39, 0.29) is 5.82 Å². The number of rotatable bonds is 3. The van der Waals surface area contributed by atoms with Crippen LogP contribution in [0.5, 0.6) is 5.75 Å². The molecule has 1 rings (SSSR count). The van der Waals surface area contributed by atoms with Gasteiger partial charge in [0.1, 0.15) is 17.3 Å². The largest absolute Gasteiger partial charge is 0.458 e. The summed E-state index contributed by atoms with van der Waals surface area (Å²) in [5.74, 6) is 0.787. The van der Waals surface area contributed by atoms with E-state index in [2.05, 4.69) is 13.2 Å². The smallest absolute Gasteiger partial charge is 0.130 e. The molecule has 13 heavy (non-hydrogen) atoms. The fourth-order valence-electron chi connectivity index (χ4n) is 0.910. The van der Waals surface area contributed by atoms with Crippen molar-refractivity contribution in [3.8, 4) is 5.75 Å². The van der Waals surface area contributed by atoms with Crippen LogP contribution in [0.3, 0.4) is 0 Å². The van der Waals surface area contributed by atoms with E-state index in [4.69, 9.17) is 4.74 Å². The second-order valence-corrected chi connectivity index (χ2v) is 2.68. The zero-order chi connectivity index (χ0) is 9.84. The third-order valence-electron chi connectivity index (χ3n) is 1.61. The van der Waals surface area contributed by atoms with Gasteiger partial charge in [0.25, 0.3) is 0 Å². The molecular weight excluding hydrogens is 167 g/mol. The molecule has 0 saturated carbocycles. The molecule has 1 aromatic rings. The summed E-state index contributed by atoms with van der Waals surface area (Å²) in [7, 11) is 0. The van der Waals surface area contributed by atoms with E-state index < -0.39 is 0 Å². The molecule has 0 bridgehead atoms. The molecule has 0 aliphatic heterocycles. The second kappa shape index (κ2) is 3.90. The van der Waals surface area contributed by atoms with Crippen LogP contribution in [0, 0.1) is 12.7 Å². The number of halogens is 1. The lowest BCUT2D eigenvalue weighted by molar-refractivity contribution is 0.442. The van der Waals surface area contributed by atoms with Crippen molar-refractivity contribution in [3.05, 3.63) is 54.6 Å². The van der Waals surface area contributed by atoms with Gasteiger partial charge in [-0.2, -0.15) is 0 Å². The van der Waals surface area contributed by atoms with E-state index in [0.717, 1.165) is 5.56 Å². The van der Waals surface area contributed by atoms with E-state index in [1.807, 2.05) is 0 Å². The van der Waals surface area contributed by atoms with E-state index in [1.165, 1.54) is 18.2 Å². The van der Waals surface area contributed by atoms with Crippen LogP contribution in [0.1, 0.15) is 5.56 Å². The summed E-state index contributed by atoms with van der Waals surface area (Å²) in [6.45, 7) is 8.88. The van der Waals surface area contributed by atoms with E-state index in [1.54, 1.807) is 13.0 Å². The standard InChI is InChI=1S/C11H11FO/c1-4-9(3)13-11-6-5-10(12)7-8(11)2/h4-7H,1,3H2,2H3. The Morgan fingerprint density at radius 1 is 1.54 bits per heavy atom. The lowest BCUT2D eigenvalue weighted by Gasteiger charge is -2.07. The maximum absolute atomic E-state index is 12.7. The molecule has 0 saturated heterocycles. The first-order chi connectivity index (χ1) is 6.13. The van der Waals surface area contributed by atoms with Crippen LogP contribution in [0.15, 0.2) is 43.2 Å². The van der Waals surface area contributed by atoms with Gasteiger partial charge in [0, 0.05) is 0 Å². The first-order valence-corrected chi connectivity index (χ1v) is 3.89. The maximum atomic E-state index is 12.7. The van der Waals surface area contributed by atoms with Crippen LogP contribution in [-0.4, -0.2) is 0 Å². The molecule has 0 heterocycles. The van der Waals surface area contributed by atoms with E-state index in [9.17, 15) is 4.39 Å². The van der Waals surface area contributed by atoms with Gasteiger partial charge in [-0.1, -0.05) is 13.2 Å². The van der Waals surface area contributed by atoms with Gasteiger partial charge in [0.2, 0.25) is 0 Å². The maximum Gasteiger partial charge on any atom is 0.130 e. The van der Waals surface area contributed by atoms with E-state index >= 15 is 0 Å². The molecule has 1 nitrogen and oxygen atoms in total. The van der Waals surface area contributed by atoms with Crippen molar-refractivity contribution in [3.63, 3.8) is 0 Å². The summed E-state index contributed by atoms with van der Waals surface area (Å²) in [4.78, 5) is 0. The van der Waals surface area contributed by atoms with Crippen LogP contribution in [0.2, 0.25) is 0 Å². The SMILES string of the molecule is C=CC(=C)Oc1ccc(F)cc1C. The highest BCUT2D eigenvalue weighted by atomic mass is 19.1. The Labute approximate surface area is 77.2 Å². The number of benzene rings is 1. The van der Waals surface area contributed by atoms with Gasteiger partial charge >= 0.3 is 0 Å². The first kappa shape index (κ1) is 9.52. The molecule has 0 aliphatic carbocycles. The van der Waals surface area contributed by atoms with Crippen LogP contribution < -0.4 is 4.74 Å². The fourth-order valence-corrected chi connectivity index (χ4v) is 0.910. The Balaban J connectivity index is 2.89. The Hall–Kier alpha value is -1.57. The first-order valence-electron chi connectivity index (χ1n) is 3.89. The number of hydrogen-bond donors (Lipinski definition) is 0. The molecule has 0 amide bonds. The highest BCUT2D eigenvalue weighted by Gasteiger charge is 2.00. The zero-order valence-corrected chi connectivity index (χ0v) is 7.51. The van der Waals surface area contributed by atoms with E-state index in [0.29, 0.717) is 11.5 Å². The van der Waals surface area contributed by atoms with Gasteiger partial charge in [0.05, 0.1) is 0 Å². The molecule has 0 N–H and O–H groups in total. The lowest BCUT2D eigenvalue weighted by Crippen LogP contribution is -1.92. The summed E-state index contributed by atoms with van der Waals surface area (Å²) in [6.07, 6.45) is 1.50. The van der Waals surface area contributed by atoms with Crippen molar-refractivity contribution in [2.75, 3.05) is 0 Å². The van der Waals surface area contributed by atoms with Gasteiger partial charge in [-0.05, 0) is 36.8 Å². The summed E-state index contributed by atoms with van der Waals surface area (Å²) in [6, 6.07) is 4.32. The van der Waals surface area contributed by atoms with Crippen molar-refractivity contribution < 1.29 is 9.13 Å². The Morgan fingerprint density at radius 2 is 2.23 bits per heavy atom. The highest BCUT2D eigenvalue weighted by molar-refractivity contribution is 5.34. The second-order valence-electron chi connectivity index (χ2n) is 2.68. The molecular formula is C11H11FO. The molecule has 0 spiro atoms. The molecule has 0 radical (unpaired) electrons. The predicted molar refractivity (Wildman–Crippen MR) is 51.1 cm³/mol. The van der Waals surface area contributed by atoms with Crippen molar-refractivity contribution in [2.45, 2.75) is 6.92 Å². The minimum atomic E-state index is -0.269. The quantitative estimate of drug-likeness (QED) is 0.510. The van der Waals surface area contributed by atoms with Crippen LogP contribution in [0.4, 0.5) is 4.39 Å². The summed E-state index contributed by atoms with van der Waals surface area (Å²) < 4.78 is 17.9. The fraction of sp³-hybridized carbons (Fsp3) is 0.0909. The monoisotopic (exact) mass is 178 g/mol. The third kappa shape index (κ3) is 2.44. The zero-order valence-electron chi connectivity index (χ0n) is 7.51. The Morgan fingerprint density at radius 3 is 2.77 bits per heavy atom. The Bertz CT molecular complexity index is 342. The predicted octanol–water partition coefficient (Wildman–Crippen LogP) is 3.21. The van der Waals surface area contributed by atoms with Crippen molar-refractivity contribution in [1.82, 2.24) is 0 Å². The summed E-state index contributed by atoms with van der Waals surface area (Å²) in [5.41, 5.74) is 0.739. The normalized spacial score (nSPS) is 9.38. The van der Waals surface area contributed by atoms with Gasteiger partial charge in [-0.15, -0.1) is 0 Å². The number of allylic oxidation sites excluding steroid dienone is 1. The highest BCUT2D eigenvalue weighted by Crippen LogP contribution is 2.20. The van der Waals surface area contributed by atoms with Gasteiger partial charge in [-0.3, -0.25) is 0 Å². The minimum absolute atomic E-state index is 0.269. The lowest BCUT2D eigenvalue weighted by atomic mass is 10.2. The molecule has 1 aromatic carbocycles. The number of aryl methyl sites for hydroxylation is 1. The number of ether oxygens (including phenoxy) is 1. The number of hydrogen-bond acceptors (Lipinski definition) is 1. The van der Waals surface area contributed by atoms with Gasteiger partial charge in [0.15, 0.2) is 0 Å². The summed E-state index contributed by atoms with van der Waals surface area (Å²) >= 11 is 0. The minimum Gasteiger partial charge on any atom is -0.458 e. The van der Waals surface area contributed by atoms with Crippen molar-refractivity contribution >= 4 is 0 Å². The third-order valence-corrected chi connectivity index (χ3v) is 1.61. The average molecular weight is 178 g/mol. The molecule has 2 heteroatoms. The molecule has 68 valence electrons. The van der Waals surface area contributed by atoms with Crippen molar-refractivity contribution in [2.24, 2.45) is 0 Å². The average Bonchev–Trinajstić information content (AvgIpc) is 2.09. The Kier molecular flexibility index (Phi) is 2.85. The molecule has 0 unspecified atom stereocenters. The van der Waals surface area contributed by atoms with Crippen molar-refractivity contribution in [1.29, 1.82) is 0 Å². The molecule has 0 atom stereocenters. The van der Waals surface area contributed by atoms with Gasteiger partial charge in [-0.25, -0.2) is 4.39 Å². The molecule has 0 aromatic heterocycles.